The van der Waals surface area contributed by atoms with E-state index in [-0.39, 0.29) is 11.7 Å². The molecule has 0 spiro atoms. The van der Waals surface area contributed by atoms with Gasteiger partial charge >= 0.3 is 0 Å². The van der Waals surface area contributed by atoms with Crippen molar-refractivity contribution in [2.24, 2.45) is 0 Å². The minimum Gasteiger partial charge on any atom is -0.360 e. The molecule has 0 aliphatic heterocycles. The van der Waals surface area contributed by atoms with Crippen LogP contribution in [0.4, 0.5) is 15.9 Å². The predicted octanol–water partition coefficient (Wildman–Crippen LogP) is 3.23. The lowest BCUT2D eigenvalue weighted by molar-refractivity contribution is 0.0949. The molecule has 3 aromatic rings. The van der Waals surface area contributed by atoms with E-state index in [9.17, 15) is 9.18 Å². The quantitative estimate of drug-likeness (QED) is 0.720. The summed E-state index contributed by atoms with van der Waals surface area (Å²) in [6.45, 7) is 2.23. The molecule has 1 amide bonds. The summed E-state index contributed by atoms with van der Waals surface area (Å²) in [6, 6.07) is 11.3. The summed E-state index contributed by atoms with van der Waals surface area (Å²) in [5.41, 5.74) is 1.93. The number of pyridine rings is 1. The molecule has 6 nitrogen and oxygen atoms in total. The third-order valence-corrected chi connectivity index (χ3v) is 3.51. The molecule has 2 aromatic heterocycles. The topological polar surface area (TPSA) is 80.0 Å². The Balaban J connectivity index is 1.56. The molecule has 2 N–H and O–H groups in total. The molecule has 0 aliphatic rings. The van der Waals surface area contributed by atoms with Crippen LogP contribution >= 0.6 is 0 Å². The zero-order valence-electron chi connectivity index (χ0n) is 13.6. The molecular weight excluding hydrogens is 323 g/mol. The van der Waals surface area contributed by atoms with Gasteiger partial charge in [-0.1, -0.05) is 17.3 Å². The number of carbonyl (C=O) groups is 1. The van der Waals surface area contributed by atoms with E-state index in [0.29, 0.717) is 35.9 Å². The first-order valence-corrected chi connectivity index (χ1v) is 7.79. The lowest BCUT2D eigenvalue weighted by atomic mass is 10.1. The lowest BCUT2D eigenvalue weighted by Gasteiger charge is -2.07. The highest BCUT2D eigenvalue weighted by Crippen LogP contribution is 2.16. The SMILES string of the molecule is Cc1cc(Nc2ccnc(C(=O)NCCc3ccc(F)cc3)c2)no1. The minimum atomic E-state index is -0.276. The van der Waals surface area contributed by atoms with E-state index in [2.05, 4.69) is 20.8 Å². The van der Waals surface area contributed by atoms with Crippen molar-refractivity contribution >= 4 is 17.4 Å². The Labute approximate surface area is 144 Å². The number of benzene rings is 1. The highest BCUT2D eigenvalue weighted by molar-refractivity contribution is 5.93. The maximum Gasteiger partial charge on any atom is 0.269 e. The fraction of sp³-hybridized carbons (Fsp3) is 0.167. The zero-order valence-corrected chi connectivity index (χ0v) is 13.6. The molecule has 25 heavy (non-hydrogen) atoms. The van der Waals surface area contributed by atoms with E-state index in [1.165, 1.54) is 12.1 Å². The number of nitrogens with zero attached hydrogens (tertiary/aromatic N) is 2. The predicted molar refractivity (Wildman–Crippen MR) is 91.2 cm³/mol. The molecule has 0 saturated carbocycles. The van der Waals surface area contributed by atoms with Crippen molar-refractivity contribution in [3.05, 3.63) is 71.5 Å². The minimum absolute atomic E-state index is 0.274. The monoisotopic (exact) mass is 340 g/mol. The number of hydrogen-bond acceptors (Lipinski definition) is 5. The van der Waals surface area contributed by atoms with E-state index >= 15 is 0 Å². The summed E-state index contributed by atoms with van der Waals surface area (Å²) >= 11 is 0. The van der Waals surface area contributed by atoms with Gasteiger partial charge in [0.15, 0.2) is 5.82 Å². The molecule has 0 bridgehead atoms. The maximum absolute atomic E-state index is 12.9. The largest absolute Gasteiger partial charge is 0.360 e. The molecule has 0 fully saturated rings. The molecule has 7 heteroatoms. The summed E-state index contributed by atoms with van der Waals surface area (Å²) in [5.74, 6) is 0.701. The van der Waals surface area contributed by atoms with Crippen molar-refractivity contribution in [1.29, 1.82) is 0 Å². The van der Waals surface area contributed by atoms with Crippen LogP contribution in [0.2, 0.25) is 0 Å². The highest BCUT2D eigenvalue weighted by atomic mass is 19.1. The second-order valence-electron chi connectivity index (χ2n) is 5.51. The van der Waals surface area contributed by atoms with Crippen LogP contribution in [-0.2, 0) is 6.42 Å². The van der Waals surface area contributed by atoms with Gasteiger partial charge in [0.25, 0.3) is 5.91 Å². The first-order chi connectivity index (χ1) is 12.1. The van der Waals surface area contributed by atoms with Gasteiger partial charge in [-0.25, -0.2) is 4.39 Å². The smallest absolute Gasteiger partial charge is 0.269 e. The number of carbonyl (C=O) groups excluding carboxylic acids is 1. The average Bonchev–Trinajstić information content (AvgIpc) is 3.01. The average molecular weight is 340 g/mol. The van der Waals surface area contributed by atoms with Crippen LogP contribution < -0.4 is 10.6 Å². The van der Waals surface area contributed by atoms with E-state index in [1.54, 1.807) is 43.5 Å². The molecule has 0 aliphatic carbocycles. The van der Waals surface area contributed by atoms with Gasteiger partial charge in [-0.2, -0.15) is 0 Å². The number of amides is 1. The fourth-order valence-electron chi connectivity index (χ4n) is 2.27. The van der Waals surface area contributed by atoms with Gasteiger partial charge in [-0.15, -0.1) is 0 Å². The summed E-state index contributed by atoms with van der Waals surface area (Å²) in [7, 11) is 0. The van der Waals surface area contributed by atoms with Crippen molar-refractivity contribution in [3.8, 4) is 0 Å². The van der Waals surface area contributed by atoms with E-state index in [1.807, 2.05) is 0 Å². The molecule has 0 unspecified atom stereocenters. The highest BCUT2D eigenvalue weighted by Gasteiger charge is 2.08. The number of hydrogen-bond donors (Lipinski definition) is 2. The summed E-state index contributed by atoms with van der Waals surface area (Å²) in [4.78, 5) is 16.3. The first kappa shape index (κ1) is 16.6. The summed E-state index contributed by atoms with van der Waals surface area (Å²) in [5, 5.41) is 9.69. The van der Waals surface area contributed by atoms with Crippen LogP contribution in [0.1, 0.15) is 21.8 Å². The van der Waals surface area contributed by atoms with Crippen LogP contribution in [0, 0.1) is 12.7 Å². The van der Waals surface area contributed by atoms with Gasteiger partial charge in [0.2, 0.25) is 0 Å². The van der Waals surface area contributed by atoms with Gasteiger partial charge in [-0.3, -0.25) is 9.78 Å². The molecule has 0 atom stereocenters. The Bertz CT molecular complexity index is 862. The zero-order chi connectivity index (χ0) is 17.6. The molecule has 128 valence electrons. The van der Waals surface area contributed by atoms with Crippen molar-refractivity contribution in [2.45, 2.75) is 13.3 Å². The normalized spacial score (nSPS) is 10.5. The third-order valence-electron chi connectivity index (χ3n) is 3.51. The Kier molecular flexibility index (Phi) is 5.03. The second-order valence-corrected chi connectivity index (χ2v) is 5.51. The third kappa shape index (κ3) is 4.63. The van der Waals surface area contributed by atoms with E-state index in [4.69, 9.17) is 4.52 Å². The van der Waals surface area contributed by atoms with Crippen LogP contribution in [0.3, 0.4) is 0 Å². The Hall–Kier alpha value is -3.22. The fourth-order valence-corrected chi connectivity index (χ4v) is 2.27. The number of anilines is 2. The van der Waals surface area contributed by atoms with Crippen LogP contribution in [0.15, 0.2) is 53.2 Å². The van der Waals surface area contributed by atoms with Crippen molar-refractivity contribution in [1.82, 2.24) is 15.5 Å². The molecule has 3 rings (SSSR count). The van der Waals surface area contributed by atoms with E-state index in [0.717, 1.165) is 5.56 Å². The number of halogens is 1. The van der Waals surface area contributed by atoms with Gasteiger partial charge in [0.1, 0.15) is 17.3 Å². The van der Waals surface area contributed by atoms with Gasteiger partial charge in [-0.05, 0) is 43.2 Å². The van der Waals surface area contributed by atoms with Gasteiger partial charge in [0, 0.05) is 24.5 Å². The van der Waals surface area contributed by atoms with Gasteiger partial charge in [0.05, 0.1) is 0 Å². The lowest BCUT2D eigenvalue weighted by Crippen LogP contribution is -2.26. The molecule has 0 saturated heterocycles. The number of rotatable bonds is 6. The molecule has 0 radical (unpaired) electrons. The summed E-state index contributed by atoms with van der Waals surface area (Å²) in [6.07, 6.45) is 2.16. The van der Waals surface area contributed by atoms with Crippen LogP contribution in [-0.4, -0.2) is 22.6 Å². The number of aryl methyl sites for hydroxylation is 1. The van der Waals surface area contributed by atoms with Crippen molar-refractivity contribution in [3.63, 3.8) is 0 Å². The number of nitrogens with one attached hydrogen (secondary N) is 2. The summed E-state index contributed by atoms with van der Waals surface area (Å²) < 4.78 is 17.8. The Morgan fingerprint density at radius 3 is 2.72 bits per heavy atom. The first-order valence-electron chi connectivity index (χ1n) is 7.79. The van der Waals surface area contributed by atoms with Crippen molar-refractivity contribution < 1.29 is 13.7 Å². The maximum atomic E-state index is 12.9. The number of aromatic nitrogens is 2. The van der Waals surface area contributed by atoms with Crippen LogP contribution in [0.5, 0.6) is 0 Å². The van der Waals surface area contributed by atoms with Gasteiger partial charge < -0.3 is 15.2 Å². The standard InChI is InChI=1S/C18H17FN4O2/c1-12-10-17(23-25-12)22-15-7-9-20-16(11-15)18(24)21-8-6-13-2-4-14(19)5-3-13/h2-5,7,9-11H,6,8H2,1H3,(H,21,24)(H,20,22,23). The molecule has 1 aromatic carbocycles. The molecular formula is C18H17FN4O2. The molecule has 2 heterocycles. The van der Waals surface area contributed by atoms with Crippen molar-refractivity contribution in [2.75, 3.05) is 11.9 Å². The van der Waals surface area contributed by atoms with E-state index < -0.39 is 0 Å². The van der Waals surface area contributed by atoms with Crippen LogP contribution in [0.25, 0.3) is 0 Å². The Morgan fingerprint density at radius 1 is 1.20 bits per heavy atom. The second kappa shape index (κ2) is 7.57. The Morgan fingerprint density at radius 2 is 2.00 bits per heavy atom.